The Kier molecular flexibility index (Phi) is 3.73. The molecular weight excluding hydrogens is 328 g/mol. The van der Waals surface area contributed by atoms with Crippen LogP contribution in [0.1, 0.15) is 40.4 Å². The van der Waals surface area contributed by atoms with Gasteiger partial charge in [0.05, 0.1) is 28.4 Å². The van der Waals surface area contributed by atoms with Gasteiger partial charge in [0, 0.05) is 18.5 Å². The Labute approximate surface area is 144 Å². The molecule has 2 atom stereocenters. The minimum atomic E-state index is -0.411. The molecule has 6 nitrogen and oxygen atoms in total. The topological polar surface area (TPSA) is 93.2 Å². The number of nitrogens with one attached hydrogen (secondary N) is 1. The van der Waals surface area contributed by atoms with Crippen molar-refractivity contribution in [2.75, 3.05) is 17.6 Å². The number of carbonyl (C=O) groups excluding carboxylic acids is 1. The van der Waals surface area contributed by atoms with E-state index >= 15 is 0 Å². The summed E-state index contributed by atoms with van der Waals surface area (Å²) < 4.78 is 1.46. The zero-order valence-corrected chi connectivity index (χ0v) is 13.9. The number of fused-ring (bicyclic) bond motifs is 2. The highest BCUT2D eigenvalue weighted by Gasteiger charge is 2.33. The van der Waals surface area contributed by atoms with Crippen LogP contribution in [0.4, 0.5) is 11.5 Å². The number of carbonyl (C=O) groups is 1. The van der Waals surface area contributed by atoms with Gasteiger partial charge in [0.2, 0.25) is 0 Å². The first-order valence-corrected chi connectivity index (χ1v) is 8.55. The van der Waals surface area contributed by atoms with Gasteiger partial charge in [-0.15, -0.1) is 5.10 Å². The number of hydrogen-bond acceptors (Lipinski definition) is 5. The molecule has 0 bridgehead atoms. The molecule has 0 spiro atoms. The number of benzene rings is 1. The SMILES string of the molecule is Nc1nn(C(=O)C2CCNc3c(Cl)cccc32)c2c1CC(O)CC2. The Hall–Kier alpha value is -2.05. The van der Waals surface area contributed by atoms with Gasteiger partial charge in [0.25, 0.3) is 5.91 Å². The monoisotopic (exact) mass is 346 g/mol. The molecule has 2 aromatic rings. The van der Waals surface area contributed by atoms with Crippen LogP contribution in [0.25, 0.3) is 0 Å². The average molecular weight is 347 g/mol. The van der Waals surface area contributed by atoms with Crippen LogP contribution in [-0.2, 0) is 12.8 Å². The summed E-state index contributed by atoms with van der Waals surface area (Å²) in [4.78, 5) is 13.2. The number of hydrogen-bond donors (Lipinski definition) is 3. The normalized spacial score (nSPS) is 22.4. The Balaban J connectivity index is 1.74. The summed E-state index contributed by atoms with van der Waals surface area (Å²) in [6.07, 6.45) is 1.97. The molecule has 2 heterocycles. The molecule has 0 amide bonds. The van der Waals surface area contributed by atoms with Crippen molar-refractivity contribution in [2.45, 2.75) is 37.7 Å². The van der Waals surface area contributed by atoms with E-state index in [0.29, 0.717) is 43.1 Å². The summed E-state index contributed by atoms with van der Waals surface area (Å²) in [5.41, 5.74) is 9.35. The van der Waals surface area contributed by atoms with Crippen molar-refractivity contribution in [3.8, 4) is 0 Å². The molecule has 0 radical (unpaired) electrons. The summed E-state index contributed by atoms with van der Waals surface area (Å²) >= 11 is 6.25. The largest absolute Gasteiger partial charge is 0.393 e. The van der Waals surface area contributed by atoms with Crippen molar-refractivity contribution in [3.05, 3.63) is 40.0 Å². The Bertz CT molecular complexity index is 817. The molecule has 0 saturated carbocycles. The van der Waals surface area contributed by atoms with Crippen molar-refractivity contribution >= 4 is 29.0 Å². The van der Waals surface area contributed by atoms with Crippen molar-refractivity contribution in [1.29, 1.82) is 0 Å². The second kappa shape index (κ2) is 5.79. The summed E-state index contributed by atoms with van der Waals surface area (Å²) in [7, 11) is 0. The third-order valence-electron chi connectivity index (χ3n) is 4.94. The van der Waals surface area contributed by atoms with Crippen LogP contribution < -0.4 is 11.1 Å². The van der Waals surface area contributed by atoms with E-state index in [4.69, 9.17) is 17.3 Å². The van der Waals surface area contributed by atoms with Gasteiger partial charge in [-0.3, -0.25) is 4.79 Å². The van der Waals surface area contributed by atoms with Gasteiger partial charge in [-0.05, 0) is 30.9 Å². The second-order valence-corrected chi connectivity index (χ2v) is 6.84. The average Bonchev–Trinajstić information content (AvgIpc) is 2.90. The predicted octanol–water partition coefficient (Wildman–Crippen LogP) is 2.21. The number of anilines is 2. The number of aliphatic hydroxyl groups excluding tert-OH is 1. The standard InChI is InChI=1S/C17H19ClN4O2/c18-13-3-1-2-10-11(6-7-20-15(10)13)17(24)22-14-5-4-9(23)8-12(14)16(19)21-22/h1-3,9,11,20,23H,4-8H2,(H2,19,21). The number of rotatable bonds is 1. The van der Waals surface area contributed by atoms with Crippen LogP contribution in [0.5, 0.6) is 0 Å². The number of nitrogens with two attached hydrogens (primary N) is 1. The van der Waals surface area contributed by atoms with Gasteiger partial charge in [0.15, 0.2) is 0 Å². The van der Waals surface area contributed by atoms with E-state index in [2.05, 4.69) is 10.4 Å². The quantitative estimate of drug-likeness (QED) is 0.736. The maximum Gasteiger partial charge on any atom is 0.254 e. The third-order valence-corrected chi connectivity index (χ3v) is 5.25. The van der Waals surface area contributed by atoms with Crippen LogP contribution in [0, 0.1) is 0 Å². The fourth-order valence-corrected chi connectivity index (χ4v) is 3.97. The lowest BCUT2D eigenvalue weighted by molar-refractivity contribution is 0.0848. The van der Waals surface area contributed by atoms with Crippen molar-refractivity contribution < 1.29 is 9.90 Å². The molecular formula is C17H19ClN4O2. The Morgan fingerprint density at radius 1 is 1.42 bits per heavy atom. The number of para-hydroxylation sites is 1. The smallest absolute Gasteiger partial charge is 0.254 e. The highest BCUT2D eigenvalue weighted by Crippen LogP contribution is 2.38. The molecule has 4 N–H and O–H groups in total. The predicted molar refractivity (Wildman–Crippen MR) is 92.6 cm³/mol. The minimum Gasteiger partial charge on any atom is -0.393 e. The van der Waals surface area contributed by atoms with Crippen molar-refractivity contribution in [3.63, 3.8) is 0 Å². The fourth-order valence-electron chi connectivity index (χ4n) is 3.73. The second-order valence-electron chi connectivity index (χ2n) is 6.43. The zero-order chi connectivity index (χ0) is 16.8. The van der Waals surface area contributed by atoms with Crippen molar-refractivity contribution in [2.24, 2.45) is 0 Å². The first-order chi connectivity index (χ1) is 11.6. The summed E-state index contributed by atoms with van der Waals surface area (Å²) in [6, 6.07) is 5.60. The fraction of sp³-hybridized carbons (Fsp3) is 0.412. The molecule has 126 valence electrons. The van der Waals surface area contributed by atoms with E-state index < -0.39 is 6.10 Å². The lowest BCUT2D eigenvalue weighted by Gasteiger charge is -2.27. The van der Waals surface area contributed by atoms with Crippen molar-refractivity contribution in [1.82, 2.24) is 9.78 Å². The van der Waals surface area contributed by atoms with E-state index in [1.807, 2.05) is 18.2 Å². The van der Waals surface area contributed by atoms with Gasteiger partial charge in [-0.25, -0.2) is 4.68 Å². The van der Waals surface area contributed by atoms with Crippen LogP contribution in [0.15, 0.2) is 18.2 Å². The first-order valence-electron chi connectivity index (χ1n) is 8.17. The highest BCUT2D eigenvalue weighted by molar-refractivity contribution is 6.33. The van der Waals surface area contributed by atoms with Gasteiger partial charge in [-0.2, -0.15) is 0 Å². The lowest BCUT2D eigenvalue weighted by Crippen LogP contribution is -2.30. The van der Waals surface area contributed by atoms with E-state index in [1.54, 1.807) is 0 Å². The van der Waals surface area contributed by atoms with E-state index in [-0.39, 0.29) is 11.8 Å². The lowest BCUT2D eigenvalue weighted by atomic mass is 9.89. The van der Waals surface area contributed by atoms with Gasteiger partial charge < -0.3 is 16.2 Å². The van der Waals surface area contributed by atoms with Gasteiger partial charge in [-0.1, -0.05) is 23.7 Å². The van der Waals surface area contributed by atoms with E-state index in [0.717, 1.165) is 22.5 Å². The van der Waals surface area contributed by atoms with Crippen LogP contribution in [0.3, 0.4) is 0 Å². The highest BCUT2D eigenvalue weighted by atomic mass is 35.5. The molecule has 4 rings (SSSR count). The van der Waals surface area contributed by atoms with Crippen LogP contribution in [-0.4, -0.2) is 33.4 Å². The number of aliphatic hydroxyl groups is 1. The van der Waals surface area contributed by atoms with Gasteiger partial charge >= 0.3 is 0 Å². The molecule has 1 aliphatic carbocycles. The zero-order valence-electron chi connectivity index (χ0n) is 13.1. The number of halogens is 1. The first kappa shape index (κ1) is 15.5. The summed E-state index contributed by atoms with van der Waals surface area (Å²) in [5, 5.41) is 18.0. The molecule has 1 aromatic carbocycles. The molecule has 24 heavy (non-hydrogen) atoms. The summed E-state index contributed by atoms with van der Waals surface area (Å²) in [6.45, 7) is 0.685. The minimum absolute atomic E-state index is 0.0793. The number of aromatic nitrogens is 2. The molecule has 2 aliphatic rings. The molecule has 7 heteroatoms. The Morgan fingerprint density at radius 3 is 3.08 bits per heavy atom. The molecule has 1 aliphatic heterocycles. The molecule has 0 fully saturated rings. The Morgan fingerprint density at radius 2 is 2.25 bits per heavy atom. The number of nitrogens with zero attached hydrogens (tertiary/aromatic N) is 2. The maximum absolute atomic E-state index is 13.2. The van der Waals surface area contributed by atoms with Gasteiger partial charge in [0.1, 0.15) is 5.82 Å². The third kappa shape index (κ3) is 2.37. The summed E-state index contributed by atoms with van der Waals surface area (Å²) in [5.74, 6) is -0.0306. The number of nitrogen functional groups attached to an aromatic ring is 1. The van der Waals surface area contributed by atoms with E-state index in [9.17, 15) is 9.90 Å². The maximum atomic E-state index is 13.2. The van der Waals surface area contributed by atoms with Crippen LogP contribution >= 0.6 is 11.6 Å². The molecule has 2 unspecified atom stereocenters. The van der Waals surface area contributed by atoms with Crippen LogP contribution in [0.2, 0.25) is 5.02 Å². The molecule has 1 aromatic heterocycles. The van der Waals surface area contributed by atoms with E-state index in [1.165, 1.54) is 4.68 Å². The molecule has 0 saturated heterocycles.